The van der Waals surface area contributed by atoms with E-state index in [0.717, 1.165) is 36.8 Å². The highest BCUT2D eigenvalue weighted by Gasteiger charge is 2.41. The largest absolute Gasteiger partial charge is 0.392 e. The predicted molar refractivity (Wildman–Crippen MR) is 113 cm³/mol. The van der Waals surface area contributed by atoms with Gasteiger partial charge in [-0.1, -0.05) is 82.6 Å². The van der Waals surface area contributed by atoms with Crippen molar-refractivity contribution in [1.82, 2.24) is 0 Å². The van der Waals surface area contributed by atoms with Crippen LogP contribution >= 0.6 is 0 Å². The molecular weight excluding hydrogens is 348 g/mol. The Labute approximate surface area is 170 Å². The molecule has 4 atom stereocenters. The van der Waals surface area contributed by atoms with Crippen LogP contribution in [-0.2, 0) is 4.79 Å². The molecular formula is C25H38O3. The summed E-state index contributed by atoms with van der Waals surface area (Å²) < 4.78 is 0. The summed E-state index contributed by atoms with van der Waals surface area (Å²) in [5, 5.41) is 21.3. The van der Waals surface area contributed by atoms with Crippen molar-refractivity contribution < 1.29 is 15.0 Å². The Morgan fingerprint density at radius 3 is 2.36 bits per heavy atom. The number of benzene rings is 1. The van der Waals surface area contributed by atoms with Crippen molar-refractivity contribution in [2.24, 2.45) is 11.8 Å². The van der Waals surface area contributed by atoms with Gasteiger partial charge in [0, 0.05) is 18.3 Å². The molecule has 1 aromatic carbocycles. The Balaban J connectivity index is 1.63. The number of carbonyl (C=O) groups is 1. The summed E-state index contributed by atoms with van der Waals surface area (Å²) in [4.78, 5) is 12.5. The molecule has 3 heteroatoms. The second-order valence-corrected chi connectivity index (χ2v) is 9.08. The van der Waals surface area contributed by atoms with Gasteiger partial charge in [-0.25, -0.2) is 0 Å². The van der Waals surface area contributed by atoms with Gasteiger partial charge in [-0.05, 0) is 36.3 Å². The van der Waals surface area contributed by atoms with Crippen LogP contribution < -0.4 is 0 Å². The van der Waals surface area contributed by atoms with E-state index in [9.17, 15) is 15.0 Å². The van der Waals surface area contributed by atoms with E-state index in [2.05, 4.69) is 6.92 Å². The number of unbranched alkanes of at least 4 members (excludes halogenated alkanes) is 4. The minimum Gasteiger partial charge on any atom is -0.392 e. The third kappa shape index (κ3) is 5.24. The molecule has 2 N–H and O–H groups in total. The molecule has 2 aliphatic carbocycles. The molecule has 0 bridgehead atoms. The summed E-state index contributed by atoms with van der Waals surface area (Å²) in [5.41, 5.74) is 2.03. The molecule has 3 nitrogen and oxygen atoms in total. The fourth-order valence-corrected chi connectivity index (χ4v) is 5.35. The molecule has 156 valence electrons. The van der Waals surface area contributed by atoms with Crippen molar-refractivity contribution in [2.45, 2.75) is 102 Å². The van der Waals surface area contributed by atoms with Gasteiger partial charge in [0.2, 0.25) is 0 Å². The van der Waals surface area contributed by atoms with Crippen molar-refractivity contribution >= 4 is 5.78 Å². The van der Waals surface area contributed by atoms with Crippen molar-refractivity contribution in [3.63, 3.8) is 0 Å². The van der Waals surface area contributed by atoms with Crippen LogP contribution in [0.25, 0.3) is 0 Å². The van der Waals surface area contributed by atoms with Crippen molar-refractivity contribution in [2.75, 3.05) is 0 Å². The SMILES string of the molecule is CCCCCCC[C@H]1C(=O)C[C@@H](O)[C@@H]1c1ccc(C(O)C2CCCCC2)cc1. The quantitative estimate of drug-likeness (QED) is 0.536. The average Bonchev–Trinajstić information content (AvgIpc) is 3.01. The molecule has 1 aromatic rings. The summed E-state index contributed by atoms with van der Waals surface area (Å²) in [6, 6.07) is 8.11. The van der Waals surface area contributed by atoms with Gasteiger partial charge in [-0.15, -0.1) is 0 Å². The van der Waals surface area contributed by atoms with Gasteiger partial charge in [0.1, 0.15) is 5.78 Å². The van der Waals surface area contributed by atoms with E-state index in [1.807, 2.05) is 24.3 Å². The number of aliphatic hydroxyl groups excluding tert-OH is 2. The van der Waals surface area contributed by atoms with Crippen LogP contribution in [0.2, 0.25) is 0 Å². The van der Waals surface area contributed by atoms with Gasteiger partial charge in [-0.3, -0.25) is 4.79 Å². The van der Waals surface area contributed by atoms with Crippen LogP contribution in [0.5, 0.6) is 0 Å². The van der Waals surface area contributed by atoms with Crippen LogP contribution in [0.3, 0.4) is 0 Å². The lowest BCUT2D eigenvalue weighted by atomic mass is 9.81. The number of rotatable bonds is 9. The number of ketones is 1. The number of carbonyl (C=O) groups excluding carboxylic acids is 1. The zero-order valence-corrected chi connectivity index (χ0v) is 17.5. The molecule has 28 heavy (non-hydrogen) atoms. The molecule has 0 saturated heterocycles. The lowest BCUT2D eigenvalue weighted by molar-refractivity contribution is -0.121. The molecule has 2 saturated carbocycles. The maximum Gasteiger partial charge on any atom is 0.139 e. The monoisotopic (exact) mass is 386 g/mol. The topological polar surface area (TPSA) is 57.5 Å². The number of aliphatic hydroxyl groups is 2. The summed E-state index contributed by atoms with van der Waals surface area (Å²) in [7, 11) is 0. The maximum absolute atomic E-state index is 12.5. The molecule has 3 rings (SSSR count). The Bertz CT molecular complexity index is 603. The third-order valence-corrected chi connectivity index (χ3v) is 7.05. The first-order valence-electron chi connectivity index (χ1n) is 11.6. The predicted octanol–water partition coefficient (Wildman–Crippen LogP) is 5.69. The van der Waals surface area contributed by atoms with Gasteiger partial charge >= 0.3 is 0 Å². The van der Waals surface area contributed by atoms with Crippen LogP contribution in [0, 0.1) is 11.8 Å². The van der Waals surface area contributed by atoms with E-state index >= 15 is 0 Å². The molecule has 0 aliphatic heterocycles. The first kappa shape index (κ1) is 21.5. The minimum atomic E-state index is -0.567. The summed E-state index contributed by atoms with van der Waals surface area (Å²) in [5.74, 6) is 0.457. The van der Waals surface area contributed by atoms with Crippen molar-refractivity contribution in [1.29, 1.82) is 0 Å². The van der Waals surface area contributed by atoms with Gasteiger partial charge in [0.15, 0.2) is 0 Å². The third-order valence-electron chi connectivity index (χ3n) is 7.05. The summed E-state index contributed by atoms with van der Waals surface area (Å²) in [6.07, 6.45) is 12.1. The molecule has 1 unspecified atom stereocenters. The Morgan fingerprint density at radius 1 is 1.00 bits per heavy atom. The highest BCUT2D eigenvalue weighted by atomic mass is 16.3. The van der Waals surface area contributed by atoms with Crippen LogP contribution in [0.4, 0.5) is 0 Å². The van der Waals surface area contributed by atoms with Gasteiger partial charge < -0.3 is 10.2 Å². The Kier molecular flexibility index (Phi) is 8.11. The molecule has 0 radical (unpaired) electrons. The van der Waals surface area contributed by atoms with E-state index in [1.165, 1.54) is 44.9 Å². The first-order valence-corrected chi connectivity index (χ1v) is 11.6. The van der Waals surface area contributed by atoms with Gasteiger partial charge in [0.05, 0.1) is 12.2 Å². The fourth-order valence-electron chi connectivity index (χ4n) is 5.35. The number of hydrogen-bond donors (Lipinski definition) is 2. The summed E-state index contributed by atoms with van der Waals surface area (Å²) in [6.45, 7) is 2.21. The maximum atomic E-state index is 12.5. The zero-order chi connectivity index (χ0) is 19.9. The normalized spacial score (nSPS) is 27.2. The average molecular weight is 387 g/mol. The van der Waals surface area contributed by atoms with Gasteiger partial charge in [-0.2, -0.15) is 0 Å². The second-order valence-electron chi connectivity index (χ2n) is 9.08. The molecule has 0 spiro atoms. The summed E-state index contributed by atoms with van der Waals surface area (Å²) >= 11 is 0. The molecule has 0 aromatic heterocycles. The number of Topliss-reactive ketones (excluding diaryl/α,β-unsaturated/α-hetero) is 1. The Hall–Kier alpha value is -1.19. The van der Waals surface area contributed by atoms with Crippen molar-refractivity contribution in [3.05, 3.63) is 35.4 Å². The second kappa shape index (κ2) is 10.5. The van der Waals surface area contributed by atoms with Crippen LogP contribution in [0.15, 0.2) is 24.3 Å². The van der Waals surface area contributed by atoms with Crippen LogP contribution in [0.1, 0.15) is 107 Å². The lowest BCUT2D eigenvalue weighted by Gasteiger charge is -2.27. The number of hydrogen-bond acceptors (Lipinski definition) is 3. The highest BCUT2D eigenvalue weighted by Crippen LogP contribution is 2.41. The molecule has 0 amide bonds. The molecule has 2 aliphatic rings. The fraction of sp³-hybridized carbons (Fsp3) is 0.720. The van der Waals surface area contributed by atoms with E-state index in [4.69, 9.17) is 0 Å². The Morgan fingerprint density at radius 2 is 1.68 bits per heavy atom. The van der Waals surface area contributed by atoms with E-state index in [-0.39, 0.29) is 30.1 Å². The smallest absolute Gasteiger partial charge is 0.139 e. The zero-order valence-electron chi connectivity index (χ0n) is 17.5. The molecule has 2 fully saturated rings. The van der Waals surface area contributed by atoms with E-state index < -0.39 is 6.10 Å². The van der Waals surface area contributed by atoms with E-state index in [0.29, 0.717) is 5.92 Å². The standard InChI is InChI=1S/C25H38O3/c1-2-3-4-5-9-12-21-22(26)17-23(27)24(21)18-13-15-20(16-14-18)25(28)19-10-7-6-8-11-19/h13-16,19,21,23-25,27-28H,2-12,17H2,1H3/t21-,23+,24+,25?/m0/s1. The first-order chi connectivity index (χ1) is 13.6. The van der Waals surface area contributed by atoms with Gasteiger partial charge in [0.25, 0.3) is 0 Å². The molecule has 0 heterocycles. The highest BCUT2D eigenvalue weighted by molar-refractivity contribution is 5.85. The minimum absolute atomic E-state index is 0.0502. The van der Waals surface area contributed by atoms with Crippen LogP contribution in [-0.4, -0.2) is 22.1 Å². The lowest BCUT2D eigenvalue weighted by Crippen LogP contribution is -2.19. The van der Waals surface area contributed by atoms with E-state index in [1.54, 1.807) is 0 Å². The van der Waals surface area contributed by atoms with Crippen molar-refractivity contribution in [3.8, 4) is 0 Å².